The van der Waals surface area contributed by atoms with Crippen LogP contribution >= 0.6 is 11.6 Å². The number of nitro benzene ring substituents is 1. The Kier molecular flexibility index (Phi) is 4.83. The van der Waals surface area contributed by atoms with Gasteiger partial charge in [0, 0.05) is 19.0 Å². The molecule has 0 unspecified atom stereocenters. The summed E-state index contributed by atoms with van der Waals surface area (Å²) in [5.74, 6) is 0.291. The molecule has 0 spiro atoms. The smallest absolute Gasteiger partial charge is 0.288 e. The summed E-state index contributed by atoms with van der Waals surface area (Å²) in [7, 11) is 0. The number of aromatic nitrogens is 3. The molecule has 0 bridgehead atoms. The third-order valence-corrected chi connectivity index (χ3v) is 3.16. The molecule has 2 rings (SSSR count). The van der Waals surface area contributed by atoms with E-state index >= 15 is 0 Å². The van der Waals surface area contributed by atoms with E-state index < -0.39 is 10.8 Å². The zero-order valence-corrected chi connectivity index (χ0v) is 11.6. The molecule has 1 heterocycles. The maximum absolute atomic E-state index is 11.9. The normalized spacial score (nSPS) is 10.3. The van der Waals surface area contributed by atoms with Crippen molar-refractivity contribution in [2.45, 2.75) is 12.8 Å². The van der Waals surface area contributed by atoms with E-state index in [4.69, 9.17) is 11.6 Å². The molecule has 0 aliphatic heterocycles. The topological polar surface area (TPSA) is 114 Å². The van der Waals surface area contributed by atoms with Gasteiger partial charge in [0.2, 0.25) is 0 Å². The first-order valence-corrected chi connectivity index (χ1v) is 6.52. The van der Waals surface area contributed by atoms with E-state index in [1.165, 1.54) is 24.5 Å². The Labute approximate surface area is 124 Å². The van der Waals surface area contributed by atoms with Crippen LogP contribution in [0.5, 0.6) is 0 Å². The third kappa shape index (κ3) is 3.76. The number of aromatic amines is 1. The number of hydrogen-bond acceptors (Lipinski definition) is 5. The maximum atomic E-state index is 11.9. The van der Waals surface area contributed by atoms with Crippen molar-refractivity contribution in [2.24, 2.45) is 0 Å². The number of hydrogen-bond donors (Lipinski definition) is 2. The first kappa shape index (κ1) is 14.9. The molecule has 0 fully saturated rings. The predicted molar refractivity (Wildman–Crippen MR) is 75.1 cm³/mol. The molecule has 0 saturated heterocycles. The third-order valence-electron chi connectivity index (χ3n) is 2.76. The Morgan fingerprint density at radius 2 is 2.29 bits per heavy atom. The second kappa shape index (κ2) is 6.80. The summed E-state index contributed by atoms with van der Waals surface area (Å²) < 4.78 is 0. The van der Waals surface area contributed by atoms with Crippen LogP contribution in [0, 0.1) is 10.1 Å². The van der Waals surface area contributed by atoms with Crippen LogP contribution in [0.3, 0.4) is 0 Å². The van der Waals surface area contributed by atoms with E-state index in [-0.39, 0.29) is 16.3 Å². The molecule has 9 heteroatoms. The molecule has 0 atom stereocenters. The van der Waals surface area contributed by atoms with Gasteiger partial charge in [-0.15, -0.1) is 0 Å². The number of rotatable bonds is 6. The first-order valence-electron chi connectivity index (χ1n) is 6.15. The molecule has 2 N–H and O–H groups in total. The van der Waals surface area contributed by atoms with Gasteiger partial charge in [0.25, 0.3) is 11.6 Å². The minimum absolute atomic E-state index is 0.0885. The largest absolute Gasteiger partial charge is 0.352 e. The van der Waals surface area contributed by atoms with Crippen LogP contribution < -0.4 is 5.32 Å². The highest BCUT2D eigenvalue weighted by Crippen LogP contribution is 2.27. The number of nitro groups is 1. The van der Waals surface area contributed by atoms with E-state index in [0.29, 0.717) is 19.4 Å². The Hall–Kier alpha value is -2.48. The first-order chi connectivity index (χ1) is 10.1. The van der Waals surface area contributed by atoms with E-state index in [9.17, 15) is 14.9 Å². The summed E-state index contributed by atoms with van der Waals surface area (Å²) in [6.07, 6.45) is 2.72. The van der Waals surface area contributed by atoms with Crippen LogP contribution in [0.15, 0.2) is 24.5 Å². The second-order valence-corrected chi connectivity index (χ2v) is 4.57. The quantitative estimate of drug-likeness (QED) is 0.479. The molecule has 21 heavy (non-hydrogen) atoms. The average Bonchev–Trinajstić information content (AvgIpc) is 2.96. The van der Waals surface area contributed by atoms with Crippen LogP contribution in [0.4, 0.5) is 5.69 Å². The molecule has 0 radical (unpaired) electrons. The minimum Gasteiger partial charge on any atom is -0.352 e. The lowest BCUT2D eigenvalue weighted by molar-refractivity contribution is -0.384. The lowest BCUT2D eigenvalue weighted by atomic mass is 10.2. The highest BCUT2D eigenvalue weighted by atomic mass is 35.5. The molecule has 0 aliphatic carbocycles. The number of H-pyrrole nitrogens is 1. The Balaban J connectivity index is 1.91. The van der Waals surface area contributed by atoms with E-state index in [1.807, 2.05) is 0 Å². The molecule has 2 aromatic rings. The van der Waals surface area contributed by atoms with E-state index in [1.54, 1.807) is 0 Å². The van der Waals surface area contributed by atoms with Gasteiger partial charge >= 0.3 is 0 Å². The Bertz CT molecular complexity index is 644. The molecular weight excluding hydrogens is 298 g/mol. The summed E-state index contributed by atoms with van der Waals surface area (Å²) in [5, 5.41) is 19.7. The zero-order chi connectivity index (χ0) is 15.2. The molecular formula is C12H12ClN5O3. The molecule has 110 valence electrons. The lowest BCUT2D eigenvalue weighted by Crippen LogP contribution is -2.25. The maximum Gasteiger partial charge on any atom is 0.288 e. The van der Waals surface area contributed by atoms with Crippen LogP contribution in [0.1, 0.15) is 22.6 Å². The van der Waals surface area contributed by atoms with E-state index in [0.717, 1.165) is 5.82 Å². The summed E-state index contributed by atoms with van der Waals surface area (Å²) in [6.45, 7) is 0.401. The van der Waals surface area contributed by atoms with Crippen LogP contribution in [0.2, 0.25) is 5.02 Å². The minimum atomic E-state index is -0.622. The average molecular weight is 310 g/mol. The van der Waals surface area contributed by atoms with Crippen LogP contribution in [-0.4, -0.2) is 32.6 Å². The van der Waals surface area contributed by atoms with Gasteiger partial charge in [-0.25, -0.2) is 4.98 Å². The fourth-order valence-corrected chi connectivity index (χ4v) is 2.02. The van der Waals surface area contributed by atoms with Gasteiger partial charge < -0.3 is 5.32 Å². The van der Waals surface area contributed by atoms with Crippen molar-refractivity contribution in [3.05, 3.63) is 51.1 Å². The van der Waals surface area contributed by atoms with Gasteiger partial charge in [0.1, 0.15) is 17.2 Å². The summed E-state index contributed by atoms with van der Waals surface area (Å²) >= 11 is 5.87. The van der Waals surface area contributed by atoms with Gasteiger partial charge in [-0.2, -0.15) is 5.10 Å². The fourth-order valence-electron chi connectivity index (χ4n) is 1.74. The number of aryl methyl sites for hydroxylation is 1. The number of benzene rings is 1. The van der Waals surface area contributed by atoms with Crippen molar-refractivity contribution in [1.82, 2.24) is 20.5 Å². The molecule has 0 saturated carbocycles. The van der Waals surface area contributed by atoms with Crippen molar-refractivity contribution in [2.75, 3.05) is 6.54 Å². The molecule has 8 nitrogen and oxygen atoms in total. The van der Waals surface area contributed by atoms with Crippen LogP contribution in [0.25, 0.3) is 0 Å². The van der Waals surface area contributed by atoms with Gasteiger partial charge in [0.15, 0.2) is 0 Å². The number of nitrogens with one attached hydrogen (secondary N) is 2. The predicted octanol–water partition coefficient (Wildman–Crippen LogP) is 1.73. The molecule has 0 aliphatic rings. The number of amides is 1. The lowest BCUT2D eigenvalue weighted by Gasteiger charge is -2.06. The SMILES string of the molecule is O=C(NCCCc1ncn[nH]1)c1cccc([N+](=O)[O-])c1Cl. The van der Waals surface area contributed by atoms with Crippen molar-refractivity contribution in [3.8, 4) is 0 Å². The highest BCUT2D eigenvalue weighted by Gasteiger charge is 2.19. The van der Waals surface area contributed by atoms with Gasteiger partial charge in [0.05, 0.1) is 10.5 Å². The highest BCUT2D eigenvalue weighted by molar-refractivity contribution is 6.35. The van der Waals surface area contributed by atoms with Gasteiger partial charge in [-0.05, 0) is 12.5 Å². The standard InChI is InChI=1S/C12H12ClN5O3/c13-11-8(3-1-4-9(11)18(20)21)12(19)14-6-2-5-10-15-7-16-17-10/h1,3-4,7H,2,5-6H2,(H,14,19)(H,15,16,17). The van der Waals surface area contributed by atoms with Crippen molar-refractivity contribution in [1.29, 1.82) is 0 Å². The number of halogens is 1. The Morgan fingerprint density at radius 1 is 1.48 bits per heavy atom. The second-order valence-electron chi connectivity index (χ2n) is 4.19. The van der Waals surface area contributed by atoms with Gasteiger partial charge in [-0.3, -0.25) is 20.0 Å². The zero-order valence-electron chi connectivity index (χ0n) is 10.9. The number of carbonyl (C=O) groups excluding carboxylic acids is 1. The van der Waals surface area contributed by atoms with Crippen molar-refractivity contribution in [3.63, 3.8) is 0 Å². The molecule has 1 aromatic heterocycles. The van der Waals surface area contributed by atoms with Gasteiger partial charge in [-0.1, -0.05) is 17.7 Å². The molecule has 1 aromatic carbocycles. The summed E-state index contributed by atoms with van der Waals surface area (Å²) in [5.41, 5.74) is -0.198. The number of nitrogens with zero attached hydrogens (tertiary/aromatic N) is 3. The monoisotopic (exact) mass is 309 g/mol. The summed E-state index contributed by atoms with van der Waals surface area (Å²) in [6, 6.07) is 4.12. The molecule has 1 amide bonds. The number of carbonyl (C=O) groups is 1. The van der Waals surface area contributed by atoms with E-state index in [2.05, 4.69) is 20.5 Å². The Morgan fingerprint density at radius 3 is 2.95 bits per heavy atom. The fraction of sp³-hybridized carbons (Fsp3) is 0.250. The van der Waals surface area contributed by atoms with Crippen molar-refractivity contribution >= 4 is 23.2 Å². The van der Waals surface area contributed by atoms with Crippen LogP contribution in [-0.2, 0) is 6.42 Å². The summed E-state index contributed by atoms with van der Waals surface area (Å²) in [4.78, 5) is 26.0. The van der Waals surface area contributed by atoms with Crippen molar-refractivity contribution < 1.29 is 9.72 Å².